The fourth-order valence-corrected chi connectivity index (χ4v) is 2.86. The first kappa shape index (κ1) is 12.6. The Balaban J connectivity index is 2.24. The largest absolute Gasteiger partial charge is 0.384 e. The van der Waals surface area contributed by atoms with Gasteiger partial charge in [0.2, 0.25) is 0 Å². The maximum atomic E-state index is 5.43. The third kappa shape index (κ3) is 2.70. The SMILES string of the molecule is COCC1(C)CCNCC1c1ccc(C)cc1. The second-order valence-corrected chi connectivity index (χ2v) is 5.50. The average molecular weight is 233 g/mol. The highest BCUT2D eigenvalue weighted by Crippen LogP contribution is 2.40. The molecule has 1 aromatic rings. The molecule has 1 aliphatic heterocycles. The van der Waals surface area contributed by atoms with Crippen molar-refractivity contribution >= 4 is 0 Å². The van der Waals surface area contributed by atoms with Crippen LogP contribution in [0.4, 0.5) is 0 Å². The number of piperidine rings is 1. The summed E-state index contributed by atoms with van der Waals surface area (Å²) in [5.74, 6) is 0.553. The molecular formula is C15H23NO. The van der Waals surface area contributed by atoms with Crippen LogP contribution in [0.15, 0.2) is 24.3 Å². The molecule has 1 aliphatic rings. The minimum Gasteiger partial charge on any atom is -0.384 e. The van der Waals surface area contributed by atoms with Crippen LogP contribution >= 0.6 is 0 Å². The van der Waals surface area contributed by atoms with Gasteiger partial charge in [0, 0.05) is 25.0 Å². The first-order valence-corrected chi connectivity index (χ1v) is 6.42. The number of aryl methyl sites for hydroxylation is 1. The van der Waals surface area contributed by atoms with Crippen molar-refractivity contribution in [1.82, 2.24) is 5.32 Å². The number of benzene rings is 1. The molecule has 17 heavy (non-hydrogen) atoms. The normalized spacial score (nSPS) is 29.2. The molecule has 2 rings (SSSR count). The predicted octanol–water partition coefficient (Wildman–Crippen LogP) is 2.72. The maximum absolute atomic E-state index is 5.43. The Morgan fingerprint density at radius 1 is 1.35 bits per heavy atom. The maximum Gasteiger partial charge on any atom is 0.0522 e. The van der Waals surface area contributed by atoms with E-state index in [9.17, 15) is 0 Å². The van der Waals surface area contributed by atoms with Gasteiger partial charge in [-0.05, 0) is 25.5 Å². The van der Waals surface area contributed by atoms with Crippen molar-refractivity contribution in [3.8, 4) is 0 Å². The van der Waals surface area contributed by atoms with E-state index in [-0.39, 0.29) is 5.41 Å². The van der Waals surface area contributed by atoms with Crippen LogP contribution in [0.3, 0.4) is 0 Å². The summed E-state index contributed by atoms with van der Waals surface area (Å²) in [4.78, 5) is 0. The van der Waals surface area contributed by atoms with Crippen molar-refractivity contribution in [1.29, 1.82) is 0 Å². The van der Waals surface area contributed by atoms with E-state index < -0.39 is 0 Å². The fraction of sp³-hybridized carbons (Fsp3) is 0.600. The lowest BCUT2D eigenvalue weighted by Crippen LogP contribution is -2.44. The zero-order chi connectivity index (χ0) is 12.3. The van der Waals surface area contributed by atoms with Gasteiger partial charge in [-0.2, -0.15) is 0 Å². The molecule has 0 amide bonds. The predicted molar refractivity (Wildman–Crippen MR) is 71.4 cm³/mol. The highest BCUT2D eigenvalue weighted by atomic mass is 16.5. The van der Waals surface area contributed by atoms with Gasteiger partial charge in [-0.1, -0.05) is 36.8 Å². The highest BCUT2D eigenvalue weighted by molar-refractivity contribution is 5.27. The summed E-state index contributed by atoms with van der Waals surface area (Å²) in [7, 11) is 1.81. The van der Waals surface area contributed by atoms with Gasteiger partial charge < -0.3 is 10.1 Å². The smallest absolute Gasteiger partial charge is 0.0522 e. The minimum absolute atomic E-state index is 0.259. The van der Waals surface area contributed by atoms with E-state index in [4.69, 9.17) is 4.74 Å². The number of hydrogen-bond donors (Lipinski definition) is 1. The molecule has 94 valence electrons. The van der Waals surface area contributed by atoms with Gasteiger partial charge in [0.25, 0.3) is 0 Å². The molecule has 0 bridgehead atoms. The third-order valence-electron chi connectivity index (χ3n) is 4.02. The van der Waals surface area contributed by atoms with Crippen LogP contribution in [0.25, 0.3) is 0 Å². The van der Waals surface area contributed by atoms with Crippen LogP contribution in [0.5, 0.6) is 0 Å². The van der Waals surface area contributed by atoms with E-state index in [1.165, 1.54) is 17.5 Å². The molecule has 0 aromatic heterocycles. The van der Waals surface area contributed by atoms with Crippen LogP contribution < -0.4 is 5.32 Å². The minimum atomic E-state index is 0.259. The average Bonchev–Trinajstić information content (AvgIpc) is 2.31. The third-order valence-corrected chi connectivity index (χ3v) is 4.02. The Kier molecular flexibility index (Phi) is 3.85. The molecule has 0 radical (unpaired) electrons. The standard InChI is InChI=1S/C15H23NO/c1-12-4-6-13(7-5-12)14-10-16-9-8-15(14,2)11-17-3/h4-7,14,16H,8-11H2,1-3H3. The zero-order valence-corrected chi connectivity index (χ0v) is 11.1. The zero-order valence-electron chi connectivity index (χ0n) is 11.1. The molecule has 1 aromatic carbocycles. The van der Waals surface area contributed by atoms with Crippen LogP contribution in [-0.4, -0.2) is 26.8 Å². The number of ether oxygens (including phenoxy) is 1. The molecule has 2 unspecified atom stereocenters. The lowest BCUT2D eigenvalue weighted by atomic mass is 9.69. The second kappa shape index (κ2) is 5.19. The van der Waals surface area contributed by atoms with E-state index in [2.05, 4.69) is 43.4 Å². The van der Waals surface area contributed by atoms with E-state index in [0.717, 1.165) is 19.7 Å². The Morgan fingerprint density at radius 3 is 2.71 bits per heavy atom. The molecule has 0 saturated carbocycles. The molecule has 2 heteroatoms. The summed E-state index contributed by atoms with van der Waals surface area (Å²) >= 11 is 0. The summed E-state index contributed by atoms with van der Waals surface area (Å²) in [6.07, 6.45) is 1.18. The summed E-state index contributed by atoms with van der Waals surface area (Å²) in [5.41, 5.74) is 3.02. The van der Waals surface area contributed by atoms with Crippen molar-refractivity contribution < 1.29 is 4.74 Å². The first-order chi connectivity index (χ1) is 8.15. The molecule has 1 heterocycles. The van der Waals surface area contributed by atoms with E-state index in [0.29, 0.717) is 5.92 Å². The number of methoxy groups -OCH3 is 1. The summed E-state index contributed by atoms with van der Waals surface area (Å²) in [5, 5.41) is 3.51. The number of nitrogens with one attached hydrogen (secondary N) is 1. The molecular weight excluding hydrogens is 210 g/mol. The van der Waals surface area contributed by atoms with Gasteiger partial charge in [0.05, 0.1) is 6.61 Å². The fourth-order valence-electron chi connectivity index (χ4n) is 2.86. The Morgan fingerprint density at radius 2 is 2.06 bits per heavy atom. The topological polar surface area (TPSA) is 21.3 Å². The van der Waals surface area contributed by atoms with Crippen LogP contribution in [-0.2, 0) is 4.74 Å². The van der Waals surface area contributed by atoms with Gasteiger partial charge in [-0.25, -0.2) is 0 Å². The summed E-state index contributed by atoms with van der Waals surface area (Å²) in [6.45, 7) is 7.48. The lowest BCUT2D eigenvalue weighted by Gasteiger charge is -2.41. The van der Waals surface area contributed by atoms with Crippen molar-refractivity contribution in [2.75, 3.05) is 26.8 Å². The van der Waals surface area contributed by atoms with Crippen LogP contribution in [0.2, 0.25) is 0 Å². The quantitative estimate of drug-likeness (QED) is 0.866. The molecule has 1 saturated heterocycles. The van der Waals surface area contributed by atoms with Crippen molar-refractivity contribution in [2.24, 2.45) is 5.41 Å². The van der Waals surface area contributed by atoms with Gasteiger partial charge in [-0.3, -0.25) is 0 Å². The van der Waals surface area contributed by atoms with E-state index in [1.807, 2.05) is 0 Å². The molecule has 2 atom stereocenters. The Bertz CT molecular complexity index is 356. The Labute approximate surface area is 104 Å². The summed E-state index contributed by atoms with van der Waals surface area (Å²) < 4.78 is 5.43. The highest BCUT2D eigenvalue weighted by Gasteiger charge is 2.37. The molecule has 1 fully saturated rings. The van der Waals surface area contributed by atoms with Crippen LogP contribution in [0.1, 0.15) is 30.4 Å². The van der Waals surface area contributed by atoms with Gasteiger partial charge >= 0.3 is 0 Å². The van der Waals surface area contributed by atoms with Crippen molar-refractivity contribution in [2.45, 2.75) is 26.2 Å². The van der Waals surface area contributed by atoms with Gasteiger partial charge in [-0.15, -0.1) is 0 Å². The number of hydrogen-bond acceptors (Lipinski definition) is 2. The molecule has 0 spiro atoms. The van der Waals surface area contributed by atoms with E-state index in [1.54, 1.807) is 7.11 Å². The molecule has 0 aliphatic carbocycles. The van der Waals surface area contributed by atoms with Crippen LogP contribution in [0, 0.1) is 12.3 Å². The van der Waals surface area contributed by atoms with Crippen molar-refractivity contribution in [3.63, 3.8) is 0 Å². The monoisotopic (exact) mass is 233 g/mol. The van der Waals surface area contributed by atoms with Gasteiger partial charge in [0.1, 0.15) is 0 Å². The Hall–Kier alpha value is -0.860. The van der Waals surface area contributed by atoms with E-state index >= 15 is 0 Å². The second-order valence-electron chi connectivity index (χ2n) is 5.50. The molecule has 2 nitrogen and oxygen atoms in total. The van der Waals surface area contributed by atoms with Gasteiger partial charge in [0.15, 0.2) is 0 Å². The lowest BCUT2D eigenvalue weighted by molar-refractivity contribution is 0.0509. The number of rotatable bonds is 3. The first-order valence-electron chi connectivity index (χ1n) is 6.42. The van der Waals surface area contributed by atoms with Crippen molar-refractivity contribution in [3.05, 3.63) is 35.4 Å². The molecule has 1 N–H and O–H groups in total. The summed E-state index contributed by atoms with van der Waals surface area (Å²) in [6, 6.07) is 8.94.